The molecule has 0 spiro atoms. The summed E-state index contributed by atoms with van der Waals surface area (Å²) >= 11 is 13.4. The quantitative estimate of drug-likeness (QED) is 0.667. The van der Waals surface area contributed by atoms with E-state index < -0.39 is 0 Å². The van der Waals surface area contributed by atoms with Crippen LogP contribution in [-0.2, 0) is 4.79 Å². The van der Waals surface area contributed by atoms with Crippen molar-refractivity contribution < 1.29 is 9.59 Å². The first-order valence-corrected chi connectivity index (χ1v) is 10.5. The molecule has 0 N–H and O–H groups in total. The van der Waals surface area contributed by atoms with Gasteiger partial charge in [0.15, 0.2) is 0 Å². The molecule has 2 aromatic rings. The van der Waals surface area contributed by atoms with Crippen molar-refractivity contribution in [3.63, 3.8) is 0 Å². The van der Waals surface area contributed by atoms with E-state index in [9.17, 15) is 9.59 Å². The fourth-order valence-corrected chi connectivity index (χ4v) is 3.97. The zero-order valence-electron chi connectivity index (χ0n) is 14.7. The minimum absolute atomic E-state index is 0.0166. The van der Waals surface area contributed by atoms with Gasteiger partial charge in [0, 0.05) is 58.9 Å². The number of benzene rings is 2. The number of rotatable bonds is 5. The third kappa shape index (κ3) is 5.64. The molecule has 27 heavy (non-hydrogen) atoms. The molecule has 2 aromatic carbocycles. The highest BCUT2D eigenvalue weighted by Gasteiger charge is 2.24. The maximum atomic E-state index is 12.5. The minimum Gasteiger partial charge on any atom is -0.339 e. The zero-order chi connectivity index (χ0) is 19.2. The summed E-state index contributed by atoms with van der Waals surface area (Å²) in [6.07, 6.45) is 0.485. The van der Waals surface area contributed by atoms with E-state index in [0.717, 1.165) is 10.6 Å². The van der Waals surface area contributed by atoms with E-state index in [2.05, 4.69) is 0 Å². The monoisotopic (exact) mass is 422 g/mol. The molecule has 0 unspecified atom stereocenters. The van der Waals surface area contributed by atoms with E-state index in [-0.39, 0.29) is 11.8 Å². The van der Waals surface area contributed by atoms with Gasteiger partial charge in [0.25, 0.3) is 5.91 Å². The summed E-state index contributed by atoms with van der Waals surface area (Å²) in [4.78, 5) is 29.6. The molecule has 0 saturated carbocycles. The molecule has 1 fully saturated rings. The minimum atomic E-state index is -0.0166. The van der Waals surface area contributed by atoms with Gasteiger partial charge in [0.2, 0.25) is 5.91 Å². The standard InChI is InChI=1S/C20H20Cl2N2O2S/c21-16-3-1-15(2-4-16)20(26)24-12-10-23(11-13-24)19(25)9-14-27-18-7-5-17(22)6-8-18/h1-8H,9-14H2. The van der Waals surface area contributed by atoms with Crippen LogP contribution in [0, 0.1) is 0 Å². The molecule has 1 aliphatic rings. The highest BCUT2D eigenvalue weighted by Crippen LogP contribution is 2.21. The van der Waals surface area contributed by atoms with Crippen molar-refractivity contribution in [2.45, 2.75) is 11.3 Å². The van der Waals surface area contributed by atoms with Crippen LogP contribution in [0.2, 0.25) is 10.0 Å². The van der Waals surface area contributed by atoms with Crippen molar-refractivity contribution in [3.8, 4) is 0 Å². The molecular formula is C20H20Cl2N2O2S. The number of carbonyl (C=O) groups excluding carboxylic acids is 2. The Bertz CT molecular complexity index is 789. The third-order valence-electron chi connectivity index (χ3n) is 4.41. The molecule has 0 aliphatic carbocycles. The smallest absolute Gasteiger partial charge is 0.253 e. The van der Waals surface area contributed by atoms with Gasteiger partial charge in [0.05, 0.1) is 0 Å². The number of carbonyl (C=O) groups is 2. The lowest BCUT2D eigenvalue weighted by Gasteiger charge is -2.35. The van der Waals surface area contributed by atoms with E-state index in [4.69, 9.17) is 23.2 Å². The SMILES string of the molecule is O=C(CCSc1ccc(Cl)cc1)N1CCN(C(=O)c2ccc(Cl)cc2)CC1. The maximum absolute atomic E-state index is 12.5. The molecule has 0 bridgehead atoms. The molecule has 0 aromatic heterocycles. The van der Waals surface area contributed by atoms with Crippen molar-refractivity contribution in [1.29, 1.82) is 0 Å². The predicted octanol–water partition coefficient (Wildman–Crippen LogP) is 4.46. The average Bonchev–Trinajstić information content (AvgIpc) is 2.69. The van der Waals surface area contributed by atoms with Crippen LogP contribution in [0.4, 0.5) is 0 Å². The lowest BCUT2D eigenvalue weighted by atomic mass is 10.2. The lowest BCUT2D eigenvalue weighted by Crippen LogP contribution is -2.50. The maximum Gasteiger partial charge on any atom is 0.253 e. The molecule has 142 valence electrons. The number of hydrogen-bond acceptors (Lipinski definition) is 3. The number of nitrogens with zero attached hydrogens (tertiary/aromatic N) is 2. The van der Waals surface area contributed by atoms with Gasteiger partial charge >= 0.3 is 0 Å². The van der Waals surface area contributed by atoms with E-state index in [1.165, 1.54) is 0 Å². The van der Waals surface area contributed by atoms with E-state index in [0.29, 0.717) is 48.2 Å². The van der Waals surface area contributed by atoms with Gasteiger partial charge in [-0.2, -0.15) is 0 Å². The summed E-state index contributed by atoms with van der Waals surface area (Å²) in [5.41, 5.74) is 0.624. The highest BCUT2D eigenvalue weighted by atomic mass is 35.5. The second kappa shape index (κ2) is 9.49. The number of hydrogen-bond donors (Lipinski definition) is 0. The van der Waals surface area contributed by atoms with Crippen LogP contribution < -0.4 is 0 Å². The van der Waals surface area contributed by atoms with Crippen molar-refractivity contribution in [2.24, 2.45) is 0 Å². The Kier molecular flexibility index (Phi) is 7.05. The van der Waals surface area contributed by atoms with Crippen molar-refractivity contribution in [2.75, 3.05) is 31.9 Å². The van der Waals surface area contributed by atoms with Crippen LogP contribution in [0.5, 0.6) is 0 Å². The number of halogens is 2. The van der Waals surface area contributed by atoms with Gasteiger partial charge in [-0.05, 0) is 48.5 Å². The first-order valence-electron chi connectivity index (χ1n) is 8.74. The second-order valence-corrected chi connectivity index (χ2v) is 8.27. The van der Waals surface area contributed by atoms with Crippen LogP contribution in [0.15, 0.2) is 53.4 Å². The Hall–Kier alpha value is -1.69. The van der Waals surface area contributed by atoms with Crippen LogP contribution >= 0.6 is 35.0 Å². The molecule has 2 amide bonds. The highest BCUT2D eigenvalue weighted by molar-refractivity contribution is 7.99. The van der Waals surface area contributed by atoms with Crippen LogP contribution in [0.3, 0.4) is 0 Å². The van der Waals surface area contributed by atoms with E-state index in [1.807, 2.05) is 29.2 Å². The van der Waals surface area contributed by atoms with E-state index >= 15 is 0 Å². The summed E-state index contributed by atoms with van der Waals surface area (Å²) in [5, 5.41) is 1.32. The Morgan fingerprint density at radius 2 is 1.33 bits per heavy atom. The van der Waals surface area contributed by atoms with Crippen LogP contribution in [-0.4, -0.2) is 53.5 Å². The summed E-state index contributed by atoms with van der Waals surface area (Å²) in [6, 6.07) is 14.5. The van der Waals surface area contributed by atoms with Crippen LogP contribution in [0.25, 0.3) is 0 Å². The average molecular weight is 423 g/mol. The molecule has 7 heteroatoms. The van der Waals surface area contributed by atoms with Gasteiger partial charge in [-0.15, -0.1) is 11.8 Å². The fraction of sp³-hybridized carbons (Fsp3) is 0.300. The van der Waals surface area contributed by atoms with Crippen molar-refractivity contribution in [1.82, 2.24) is 9.80 Å². The molecule has 1 heterocycles. The zero-order valence-corrected chi connectivity index (χ0v) is 17.1. The predicted molar refractivity (Wildman–Crippen MR) is 111 cm³/mol. The Labute approximate surface area is 173 Å². The van der Waals surface area contributed by atoms with Gasteiger partial charge in [-0.1, -0.05) is 23.2 Å². The molecule has 1 saturated heterocycles. The Morgan fingerprint density at radius 3 is 1.93 bits per heavy atom. The molecule has 1 aliphatic heterocycles. The largest absolute Gasteiger partial charge is 0.339 e. The molecule has 0 radical (unpaired) electrons. The summed E-state index contributed by atoms with van der Waals surface area (Å²) in [5.74, 6) is 0.844. The summed E-state index contributed by atoms with van der Waals surface area (Å²) < 4.78 is 0. The lowest BCUT2D eigenvalue weighted by molar-refractivity contribution is -0.132. The van der Waals surface area contributed by atoms with Crippen molar-refractivity contribution >= 4 is 46.8 Å². The van der Waals surface area contributed by atoms with E-state index in [1.54, 1.807) is 40.9 Å². The fourth-order valence-electron chi connectivity index (χ4n) is 2.88. The number of piperazine rings is 1. The third-order valence-corrected chi connectivity index (χ3v) is 5.93. The van der Waals surface area contributed by atoms with Gasteiger partial charge < -0.3 is 9.80 Å². The Balaban J connectivity index is 1.42. The number of thioether (sulfide) groups is 1. The number of amides is 2. The molecule has 4 nitrogen and oxygen atoms in total. The van der Waals surface area contributed by atoms with Gasteiger partial charge in [0.1, 0.15) is 0 Å². The molecule has 3 rings (SSSR count). The second-order valence-electron chi connectivity index (χ2n) is 6.23. The Morgan fingerprint density at radius 1 is 0.815 bits per heavy atom. The van der Waals surface area contributed by atoms with Gasteiger partial charge in [-0.3, -0.25) is 9.59 Å². The van der Waals surface area contributed by atoms with Crippen LogP contribution in [0.1, 0.15) is 16.8 Å². The first-order chi connectivity index (χ1) is 13.0. The molecule has 0 atom stereocenters. The summed E-state index contributed by atoms with van der Waals surface area (Å²) in [7, 11) is 0. The van der Waals surface area contributed by atoms with Gasteiger partial charge in [-0.25, -0.2) is 0 Å². The topological polar surface area (TPSA) is 40.6 Å². The normalized spacial score (nSPS) is 14.3. The van der Waals surface area contributed by atoms with Crippen molar-refractivity contribution in [3.05, 3.63) is 64.1 Å². The summed E-state index contributed by atoms with van der Waals surface area (Å²) in [6.45, 7) is 2.25. The first kappa shape index (κ1) is 20.1. The molecular weight excluding hydrogens is 403 g/mol.